The molecule has 0 aliphatic carbocycles. The van der Waals surface area contributed by atoms with Gasteiger partial charge in [-0.2, -0.15) is 0 Å². The molecule has 2 aromatic carbocycles. The molecule has 1 saturated heterocycles. The van der Waals surface area contributed by atoms with E-state index in [9.17, 15) is 18.0 Å². The highest BCUT2D eigenvalue weighted by Gasteiger charge is 2.39. The molecule has 0 bridgehead atoms. The van der Waals surface area contributed by atoms with Crippen molar-refractivity contribution in [2.75, 3.05) is 25.0 Å². The summed E-state index contributed by atoms with van der Waals surface area (Å²) in [6, 6.07) is 14.6. The second-order valence-electron chi connectivity index (χ2n) is 6.42. The lowest BCUT2D eigenvalue weighted by atomic mass is 10.2. The number of piperazine rings is 1. The number of anilines is 1. The van der Waals surface area contributed by atoms with Crippen LogP contribution in [0.5, 0.6) is 5.75 Å². The topological polar surface area (TPSA) is 53.6 Å². The quantitative estimate of drug-likeness (QED) is 0.776. The number of alkyl halides is 3. The van der Waals surface area contributed by atoms with E-state index in [2.05, 4.69) is 15.4 Å². The number of thioether (sulfide) groups is 1. The van der Waals surface area contributed by atoms with Crippen LogP contribution in [0, 0.1) is 0 Å². The Morgan fingerprint density at radius 3 is 2.50 bits per heavy atom. The molecule has 1 fully saturated rings. The number of nitrogens with one attached hydrogen (secondary N) is 2. The summed E-state index contributed by atoms with van der Waals surface area (Å²) in [7, 11) is 0. The Bertz CT molecular complexity index is 802. The van der Waals surface area contributed by atoms with Gasteiger partial charge in [-0.1, -0.05) is 30.0 Å². The van der Waals surface area contributed by atoms with Crippen LogP contribution in [0.15, 0.2) is 59.5 Å². The lowest BCUT2D eigenvalue weighted by molar-refractivity contribution is -0.274. The van der Waals surface area contributed by atoms with E-state index in [1.807, 2.05) is 37.3 Å². The number of rotatable bonds is 4. The molecule has 1 unspecified atom stereocenters. The summed E-state index contributed by atoms with van der Waals surface area (Å²) in [5, 5.41) is 6.16. The van der Waals surface area contributed by atoms with Crippen molar-refractivity contribution in [2.45, 2.75) is 23.1 Å². The first-order chi connectivity index (χ1) is 13.3. The molecular formula is C19H20F3N3O2S. The third-order valence-corrected chi connectivity index (χ3v) is 5.51. The highest BCUT2D eigenvalue weighted by molar-refractivity contribution is 8.00. The maximum Gasteiger partial charge on any atom is 0.573 e. The number of nitrogens with zero attached hydrogens (tertiary/aromatic N) is 1. The molecule has 0 saturated carbocycles. The molecule has 28 heavy (non-hydrogen) atoms. The number of hydrogen-bond donors (Lipinski definition) is 2. The zero-order chi connectivity index (χ0) is 20.2. The van der Waals surface area contributed by atoms with E-state index in [1.54, 1.807) is 17.0 Å². The number of halogens is 3. The summed E-state index contributed by atoms with van der Waals surface area (Å²) in [6.07, 6.45) is -4.72. The van der Waals surface area contributed by atoms with Crippen LogP contribution in [-0.2, 0) is 0 Å². The van der Waals surface area contributed by atoms with Gasteiger partial charge in [0.15, 0.2) is 0 Å². The largest absolute Gasteiger partial charge is 0.573 e. The van der Waals surface area contributed by atoms with E-state index < -0.39 is 11.2 Å². The molecule has 0 spiro atoms. The van der Waals surface area contributed by atoms with Gasteiger partial charge in [-0.05, 0) is 43.3 Å². The van der Waals surface area contributed by atoms with Gasteiger partial charge in [-0.15, -0.1) is 13.2 Å². The summed E-state index contributed by atoms with van der Waals surface area (Å²) in [4.78, 5) is 14.7. The van der Waals surface area contributed by atoms with Crippen LogP contribution in [0.25, 0.3) is 0 Å². The van der Waals surface area contributed by atoms with Crippen molar-refractivity contribution < 1.29 is 22.7 Å². The number of urea groups is 1. The zero-order valence-corrected chi connectivity index (χ0v) is 15.9. The molecule has 2 aromatic rings. The minimum absolute atomic E-state index is 0.222. The van der Waals surface area contributed by atoms with Crippen LogP contribution in [0.2, 0.25) is 0 Å². The van der Waals surface area contributed by atoms with Gasteiger partial charge in [0, 0.05) is 30.2 Å². The number of ether oxygens (including phenoxy) is 1. The van der Waals surface area contributed by atoms with Gasteiger partial charge in [0.2, 0.25) is 0 Å². The van der Waals surface area contributed by atoms with Crippen molar-refractivity contribution in [2.24, 2.45) is 0 Å². The van der Waals surface area contributed by atoms with Crippen LogP contribution < -0.4 is 15.4 Å². The Labute approximate surface area is 165 Å². The van der Waals surface area contributed by atoms with Crippen molar-refractivity contribution in [3.8, 4) is 5.75 Å². The SMILES string of the molecule is CC1(Sc2ccc(OC(F)(F)F)cc2)CNCCN1C(=O)Nc1ccccc1. The van der Waals surface area contributed by atoms with Gasteiger partial charge < -0.3 is 20.3 Å². The smallest absolute Gasteiger partial charge is 0.406 e. The molecule has 1 aliphatic rings. The van der Waals surface area contributed by atoms with Crippen LogP contribution in [-0.4, -0.2) is 41.8 Å². The molecule has 150 valence electrons. The van der Waals surface area contributed by atoms with Gasteiger partial charge in [-0.3, -0.25) is 0 Å². The third kappa shape index (κ3) is 5.32. The number of hydrogen-bond acceptors (Lipinski definition) is 4. The van der Waals surface area contributed by atoms with Crippen LogP contribution >= 0.6 is 11.8 Å². The van der Waals surface area contributed by atoms with Crippen LogP contribution in [0.1, 0.15) is 6.92 Å². The minimum Gasteiger partial charge on any atom is -0.406 e. The fourth-order valence-corrected chi connectivity index (χ4v) is 4.16. The number of carbonyl (C=O) groups is 1. The first kappa shape index (κ1) is 20.3. The molecular weight excluding hydrogens is 391 g/mol. The van der Waals surface area contributed by atoms with Crippen molar-refractivity contribution >= 4 is 23.5 Å². The minimum atomic E-state index is -4.72. The number of carbonyl (C=O) groups excluding carboxylic acids is 1. The second kappa shape index (κ2) is 8.32. The molecule has 1 atom stereocenters. The zero-order valence-electron chi connectivity index (χ0n) is 15.1. The maximum atomic E-state index is 12.8. The summed E-state index contributed by atoms with van der Waals surface area (Å²) < 4.78 is 40.8. The lowest BCUT2D eigenvalue weighted by Gasteiger charge is -2.44. The molecule has 3 rings (SSSR count). The van der Waals surface area contributed by atoms with E-state index in [-0.39, 0.29) is 11.8 Å². The monoisotopic (exact) mass is 411 g/mol. The average molecular weight is 411 g/mol. The van der Waals surface area contributed by atoms with Crippen molar-refractivity contribution in [3.05, 3.63) is 54.6 Å². The predicted molar refractivity (Wildman–Crippen MR) is 102 cm³/mol. The van der Waals surface area contributed by atoms with Gasteiger partial charge >= 0.3 is 12.4 Å². The second-order valence-corrected chi connectivity index (χ2v) is 7.98. The average Bonchev–Trinajstić information content (AvgIpc) is 2.63. The van der Waals surface area contributed by atoms with Gasteiger partial charge in [0.1, 0.15) is 10.6 Å². The molecule has 0 radical (unpaired) electrons. The molecule has 2 N–H and O–H groups in total. The van der Waals surface area contributed by atoms with E-state index in [4.69, 9.17) is 0 Å². The predicted octanol–water partition coefficient (Wildman–Crippen LogP) is 4.53. The summed E-state index contributed by atoms with van der Waals surface area (Å²) in [6.45, 7) is 3.64. The molecule has 1 heterocycles. The van der Waals surface area contributed by atoms with E-state index in [0.29, 0.717) is 25.3 Å². The number of amides is 2. The van der Waals surface area contributed by atoms with Crippen molar-refractivity contribution in [1.29, 1.82) is 0 Å². The van der Waals surface area contributed by atoms with Crippen molar-refractivity contribution in [1.82, 2.24) is 10.2 Å². The van der Waals surface area contributed by atoms with E-state index in [1.165, 1.54) is 23.9 Å². The summed E-state index contributed by atoms with van der Waals surface area (Å²) in [5.41, 5.74) is 0.701. The first-order valence-electron chi connectivity index (χ1n) is 8.64. The number of benzene rings is 2. The Balaban J connectivity index is 1.71. The summed E-state index contributed by atoms with van der Waals surface area (Å²) in [5.74, 6) is -0.276. The Kier molecular flexibility index (Phi) is 6.04. The van der Waals surface area contributed by atoms with Crippen LogP contribution in [0.4, 0.5) is 23.7 Å². The van der Waals surface area contributed by atoms with E-state index >= 15 is 0 Å². The molecule has 5 nitrogen and oxygen atoms in total. The highest BCUT2D eigenvalue weighted by Crippen LogP contribution is 2.38. The fourth-order valence-electron chi connectivity index (χ4n) is 2.93. The fraction of sp³-hybridized carbons (Fsp3) is 0.316. The van der Waals surface area contributed by atoms with Crippen LogP contribution in [0.3, 0.4) is 0 Å². The first-order valence-corrected chi connectivity index (χ1v) is 9.46. The number of para-hydroxylation sites is 1. The van der Waals surface area contributed by atoms with Gasteiger partial charge in [0.25, 0.3) is 0 Å². The molecule has 1 aliphatic heterocycles. The molecule has 9 heteroatoms. The highest BCUT2D eigenvalue weighted by atomic mass is 32.2. The lowest BCUT2D eigenvalue weighted by Crippen LogP contribution is -2.60. The Morgan fingerprint density at radius 2 is 1.86 bits per heavy atom. The van der Waals surface area contributed by atoms with E-state index in [0.717, 1.165) is 4.90 Å². The Morgan fingerprint density at radius 1 is 1.18 bits per heavy atom. The maximum absolute atomic E-state index is 12.8. The molecule has 2 amide bonds. The van der Waals surface area contributed by atoms with Gasteiger partial charge in [0.05, 0.1) is 0 Å². The standard InChI is InChI=1S/C19H20F3N3O2S/c1-18(28-16-9-7-15(8-10-16)27-19(20,21)22)13-23-11-12-25(18)17(26)24-14-5-3-2-4-6-14/h2-10,23H,11-13H2,1H3,(H,24,26). The third-order valence-electron chi connectivity index (χ3n) is 4.20. The molecule has 0 aromatic heterocycles. The Hall–Kier alpha value is -2.39. The normalized spacial score (nSPS) is 19.9. The van der Waals surface area contributed by atoms with Crippen molar-refractivity contribution in [3.63, 3.8) is 0 Å². The van der Waals surface area contributed by atoms with Gasteiger partial charge in [-0.25, -0.2) is 4.79 Å². The summed E-state index contributed by atoms with van der Waals surface area (Å²) >= 11 is 1.41.